The Bertz CT molecular complexity index is 566. The van der Waals surface area contributed by atoms with Crippen LogP contribution in [0.1, 0.15) is 57.3 Å². The van der Waals surface area contributed by atoms with Crippen molar-refractivity contribution in [3.63, 3.8) is 0 Å². The van der Waals surface area contributed by atoms with Crippen molar-refractivity contribution in [2.24, 2.45) is 0 Å². The summed E-state index contributed by atoms with van der Waals surface area (Å²) < 4.78 is 10.2. The molecule has 7 nitrogen and oxygen atoms in total. The average Bonchev–Trinajstić information content (AvgIpc) is 2.53. The molecule has 0 unspecified atom stereocenters. The minimum absolute atomic E-state index is 0.0265. The summed E-state index contributed by atoms with van der Waals surface area (Å²) in [6.45, 7) is 2.82. The van der Waals surface area contributed by atoms with Gasteiger partial charge in [0.15, 0.2) is 0 Å². The topological polar surface area (TPSA) is 110 Å². The largest absolute Gasteiger partial charge is 0.478 e. The Balaban J connectivity index is 2.62. The molecule has 0 aliphatic heterocycles. The quantitative estimate of drug-likeness (QED) is 0.502. The number of hydrogen-bond donors (Lipinski definition) is 2. The van der Waals surface area contributed by atoms with Crippen molar-refractivity contribution in [2.75, 3.05) is 19.8 Å². The van der Waals surface area contributed by atoms with Crippen LogP contribution in [0, 0.1) is 0 Å². The fourth-order valence-corrected chi connectivity index (χ4v) is 1.86. The SMILES string of the molecule is CCCCCOCCOC(=O)c1cc(C(=O)O)ccc1C(=O)O. The fraction of sp³-hybridized carbons (Fsp3) is 0.438. The highest BCUT2D eigenvalue weighted by atomic mass is 16.6. The van der Waals surface area contributed by atoms with E-state index >= 15 is 0 Å². The van der Waals surface area contributed by atoms with Crippen LogP contribution in [0.25, 0.3) is 0 Å². The first-order valence-electron chi connectivity index (χ1n) is 7.32. The Hall–Kier alpha value is -2.41. The van der Waals surface area contributed by atoms with Gasteiger partial charge in [-0.05, 0) is 24.6 Å². The number of benzene rings is 1. The lowest BCUT2D eigenvalue weighted by Crippen LogP contribution is -2.16. The van der Waals surface area contributed by atoms with Gasteiger partial charge in [-0.25, -0.2) is 14.4 Å². The van der Waals surface area contributed by atoms with Crippen molar-refractivity contribution < 1.29 is 34.1 Å². The highest BCUT2D eigenvalue weighted by Crippen LogP contribution is 2.14. The smallest absolute Gasteiger partial charge is 0.339 e. The van der Waals surface area contributed by atoms with Crippen LogP contribution in [-0.4, -0.2) is 47.9 Å². The molecule has 0 aromatic heterocycles. The van der Waals surface area contributed by atoms with Gasteiger partial charge in [0.2, 0.25) is 0 Å². The van der Waals surface area contributed by atoms with Crippen LogP contribution in [0.3, 0.4) is 0 Å². The maximum Gasteiger partial charge on any atom is 0.339 e. The van der Waals surface area contributed by atoms with E-state index in [0.29, 0.717) is 6.61 Å². The molecule has 1 aromatic rings. The Morgan fingerprint density at radius 1 is 0.957 bits per heavy atom. The molecule has 0 radical (unpaired) electrons. The minimum atomic E-state index is -1.33. The molecular weight excluding hydrogens is 304 g/mol. The highest BCUT2D eigenvalue weighted by Gasteiger charge is 2.20. The van der Waals surface area contributed by atoms with Gasteiger partial charge in [0.1, 0.15) is 6.61 Å². The molecule has 23 heavy (non-hydrogen) atoms. The molecule has 0 aliphatic rings. The number of unbranched alkanes of at least 4 members (excludes halogenated alkanes) is 2. The molecular formula is C16H20O7. The van der Waals surface area contributed by atoms with Gasteiger partial charge >= 0.3 is 17.9 Å². The number of carboxylic acid groups (broad SMARTS) is 2. The number of rotatable bonds is 10. The standard InChI is InChI=1S/C16H20O7/c1-2-3-4-7-22-8-9-23-16(21)13-10-11(14(17)18)5-6-12(13)15(19)20/h5-6,10H,2-4,7-9H2,1H3,(H,17,18)(H,19,20). The van der Waals surface area contributed by atoms with E-state index in [0.717, 1.165) is 37.5 Å². The third kappa shape index (κ3) is 6.07. The molecule has 126 valence electrons. The highest BCUT2D eigenvalue weighted by molar-refractivity contribution is 6.04. The maximum atomic E-state index is 11.9. The Kier molecular flexibility index (Phi) is 7.76. The van der Waals surface area contributed by atoms with Gasteiger partial charge in [0.05, 0.1) is 23.3 Å². The fourth-order valence-electron chi connectivity index (χ4n) is 1.86. The average molecular weight is 324 g/mol. The predicted octanol–water partition coefficient (Wildman–Crippen LogP) is 2.45. The molecule has 7 heteroatoms. The number of carbonyl (C=O) groups is 3. The van der Waals surface area contributed by atoms with Crippen LogP contribution in [-0.2, 0) is 9.47 Å². The number of esters is 1. The summed E-state index contributed by atoms with van der Waals surface area (Å²) in [7, 11) is 0. The molecule has 0 saturated carbocycles. The molecule has 2 N–H and O–H groups in total. The summed E-state index contributed by atoms with van der Waals surface area (Å²) in [5, 5.41) is 18.0. The van der Waals surface area contributed by atoms with E-state index in [4.69, 9.17) is 19.7 Å². The first kappa shape index (κ1) is 18.6. The van der Waals surface area contributed by atoms with E-state index < -0.39 is 17.9 Å². The minimum Gasteiger partial charge on any atom is -0.478 e. The monoisotopic (exact) mass is 324 g/mol. The van der Waals surface area contributed by atoms with E-state index in [1.807, 2.05) is 0 Å². The molecule has 0 spiro atoms. The number of hydrogen-bond acceptors (Lipinski definition) is 5. The van der Waals surface area contributed by atoms with Crippen molar-refractivity contribution in [1.82, 2.24) is 0 Å². The van der Waals surface area contributed by atoms with E-state index in [9.17, 15) is 14.4 Å². The molecule has 1 rings (SSSR count). The van der Waals surface area contributed by atoms with Gasteiger partial charge < -0.3 is 19.7 Å². The second-order valence-electron chi connectivity index (χ2n) is 4.83. The van der Waals surface area contributed by atoms with Crippen LogP contribution in [0.15, 0.2) is 18.2 Å². The first-order valence-corrected chi connectivity index (χ1v) is 7.32. The van der Waals surface area contributed by atoms with Crippen molar-refractivity contribution >= 4 is 17.9 Å². The van der Waals surface area contributed by atoms with Crippen molar-refractivity contribution in [3.05, 3.63) is 34.9 Å². The molecule has 1 aromatic carbocycles. The van der Waals surface area contributed by atoms with Crippen LogP contribution >= 0.6 is 0 Å². The summed E-state index contributed by atoms with van der Waals surface area (Å²) >= 11 is 0. The lowest BCUT2D eigenvalue weighted by molar-refractivity contribution is 0.0308. The summed E-state index contributed by atoms with van der Waals surface area (Å²) in [5.74, 6) is -3.47. The van der Waals surface area contributed by atoms with Gasteiger partial charge in [-0.2, -0.15) is 0 Å². The summed E-state index contributed by atoms with van der Waals surface area (Å²) in [5.41, 5.74) is -0.773. The maximum absolute atomic E-state index is 11.9. The van der Waals surface area contributed by atoms with Crippen LogP contribution in [0.5, 0.6) is 0 Å². The van der Waals surface area contributed by atoms with Gasteiger partial charge in [0.25, 0.3) is 0 Å². The second-order valence-corrected chi connectivity index (χ2v) is 4.83. The van der Waals surface area contributed by atoms with Crippen LogP contribution in [0.2, 0.25) is 0 Å². The molecule has 0 saturated heterocycles. The Labute approximate surface area is 133 Å². The second kappa shape index (κ2) is 9.58. The van der Waals surface area contributed by atoms with Crippen LogP contribution in [0.4, 0.5) is 0 Å². The number of aromatic carboxylic acids is 2. The van der Waals surface area contributed by atoms with Crippen LogP contribution < -0.4 is 0 Å². The van der Waals surface area contributed by atoms with Gasteiger partial charge in [-0.15, -0.1) is 0 Å². The van der Waals surface area contributed by atoms with E-state index in [-0.39, 0.29) is 29.9 Å². The normalized spacial score (nSPS) is 10.3. The summed E-state index contributed by atoms with van der Waals surface area (Å²) in [4.78, 5) is 34.0. The number of carbonyl (C=O) groups excluding carboxylic acids is 1. The van der Waals surface area contributed by atoms with Gasteiger partial charge in [-0.1, -0.05) is 19.8 Å². The van der Waals surface area contributed by atoms with E-state index in [1.54, 1.807) is 0 Å². The van der Waals surface area contributed by atoms with Crippen molar-refractivity contribution in [3.8, 4) is 0 Å². The van der Waals surface area contributed by atoms with Crippen molar-refractivity contribution in [2.45, 2.75) is 26.2 Å². The Morgan fingerprint density at radius 3 is 2.30 bits per heavy atom. The summed E-state index contributed by atoms with van der Waals surface area (Å²) in [6.07, 6.45) is 3.06. The van der Waals surface area contributed by atoms with E-state index in [2.05, 4.69) is 6.92 Å². The predicted molar refractivity (Wildman–Crippen MR) is 81.0 cm³/mol. The van der Waals surface area contributed by atoms with E-state index in [1.165, 1.54) is 0 Å². The lowest BCUT2D eigenvalue weighted by atomic mass is 10.0. The molecule has 0 aliphatic carbocycles. The third-order valence-electron chi connectivity index (χ3n) is 3.07. The zero-order chi connectivity index (χ0) is 17.2. The molecule has 0 bridgehead atoms. The number of carboxylic acids is 2. The number of ether oxygens (including phenoxy) is 2. The first-order chi connectivity index (χ1) is 11.0. The van der Waals surface area contributed by atoms with Crippen molar-refractivity contribution in [1.29, 1.82) is 0 Å². The summed E-state index contributed by atoms with van der Waals surface area (Å²) in [6, 6.07) is 3.19. The van der Waals surface area contributed by atoms with Gasteiger partial charge in [0, 0.05) is 6.61 Å². The zero-order valence-corrected chi connectivity index (χ0v) is 12.9. The molecule has 0 heterocycles. The molecule has 0 atom stereocenters. The molecule has 0 amide bonds. The third-order valence-corrected chi connectivity index (χ3v) is 3.07. The molecule has 0 fully saturated rings. The Morgan fingerprint density at radius 2 is 1.70 bits per heavy atom. The zero-order valence-electron chi connectivity index (χ0n) is 12.9. The lowest BCUT2D eigenvalue weighted by Gasteiger charge is -2.09. The van der Waals surface area contributed by atoms with Gasteiger partial charge in [-0.3, -0.25) is 0 Å².